The van der Waals surface area contributed by atoms with E-state index in [1.807, 2.05) is 24.3 Å². The van der Waals surface area contributed by atoms with Crippen LogP contribution in [0, 0.1) is 11.3 Å². The van der Waals surface area contributed by atoms with Crippen LogP contribution in [0.4, 0.5) is 5.69 Å². The van der Waals surface area contributed by atoms with Crippen molar-refractivity contribution in [2.45, 2.75) is 25.4 Å². The number of nitrogens with zero attached hydrogens (tertiary/aromatic N) is 3. The molecule has 96 valence electrons. The molecule has 0 bridgehead atoms. The Morgan fingerprint density at radius 3 is 2.61 bits per heavy atom. The highest BCUT2D eigenvalue weighted by Crippen LogP contribution is 2.26. The summed E-state index contributed by atoms with van der Waals surface area (Å²) in [4.78, 5) is 4.64. The van der Waals surface area contributed by atoms with Gasteiger partial charge in [0.2, 0.25) is 0 Å². The van der Waals surface area contributed by atoms with Gasteiger partial charge in [0.25, 0.3) is 0 Å². The minimum Gasteiger partial charge on any atom is -0.362 e. The summed E-state index contributed by atoms with van der Waals surface area (Å²) in [7, 11) is 2.11. The van der Waals surface area contributed by atoms with Crippen LogP contribution < -0.4 is 4.90 Å². The second-order valence-corrected chi connectivity index (χ2v) is 5.41. The molecule has 1 aliphatic rings. The van der Waals surface area contributed by atoms with Crippen LogP contribution in [0.1, 0.15) is 13.3 Å². The van der Waals surface area contributed by atoms with Gasteiger partial charge in [-0.1, -0.05) is 11.6 Å². The fourth-order valence-corrected chi connectivity index (χ4v) is 2.89. The van der Waals surface area contributed by atoms with Crippen molar-refractivity contribution in [2.24, 2.45) is 0 Å². The van der Waals surface area contributed by atoms with E-state index in [4.69, 9.17) is 16.9 Å². The van der Waals surface area contributed by atoms with Gasteiger partial charge in [-0.05, 0) is 38.2 Å². The number of benzene rings is 1. The quantitative estimate of drug-likeness (QED) is 0.822. The number of likely N-dealkylation sites (N-methyl/N-ethyl adjacent to an activating group) is 1. The van der Waals surface area contributed by atoms with E-state index in [0.29, 0.717) is 12.5 Å². The van der Waals surface area contributed by atoms with Gasteiger partial charge in [0.1, 0.15) is 0 Å². The minimum atomic E-state index is 0.255. The summed E-state index contributed by atoms with van der Waals surface area (Å²) >= 11 is 5.93. The van der Waals surface area contributed by atoms with Gasteiger partial charge in [0.15, 0.2) is 0 Å². The summed E-state index contributed by atoms with van der Waals surface area (Å²) in [5, 5.41) is 9.73. The third-order valence-corrected chi connectivity index (χ3v) is 3.67. The molecule has 4 heteroatoms. The van der Waals surface area contributed by atoms with Gasteiger partial charge in [-0.15, -0.1) is 0 Å². The predicted molar refractivity (Wildman–Crippen MR) is 74.9 cm³/mol. The van der Waals surface area contributed by atoms with Gasteiger partial charge in [-0.2, -0.15) is 5.26 Å². The van der Waals surface area contributed by atoms with Crippen LogP contribution in [0.15, 0.2) is 24.3 Å². The molecule has 1 fully saturated rings. The highest BCUT2D eigenvalue weighted by molar-refractivity contribution is 6.30. The van der Waals surface area contributed by atoms with E-state index in [2.05, 4.69) is 29.8 Å². The molecule has 2 rings (SSSR count). The lowest BCUT2D eigenvalue weighted by Gasteiger charge is -2.45. The van der Waals surface area contributed by atoms with Gasteiger partial charge < -0.3 is 9.80 Å². The van der Waals surface area contributed by atoms with Gasteiger partial charge in [-0.3, -0.25) is 0 Å². The van der Waals surface area contributed by atoms with Crippen molar-refractivity contribution in [3.63, 3.8) is 0 Å². The van der Waals surface area contributed by atoms with E-state index in [-0.39, 0.29) is 6.04 Å². The van der Waals surface area contributed by atoms with Crippen molar-refractivity contribution in [3.05, 3.63) is 29.3 Å². The zero-order valence-electron chi connectivity index (χ0n) is 10.8. The van der Waals surface area contributed by atoms with Crippen molar-refractivity contribution in [1.29, 1.82) is 5.26 Å². The number of hydrogen-bond donors (Lipinski definition) is 0. The zero-order chi connectivity index (χ0) is 13.1. The van der Waals surface area contributed by atoms with E-state index in [1.54, 1.807) is 0 Å². The molecule has 3 nitrogen and oxygen atoms in total. The maximum absolute atomic E-state index is 8.98. The Morgan fingerprint density at radius 1 is 1.33 bits per heavy atom. The Balaban J connectivity index is 2.26. The van der Waals surface area contributed by atoms with Crippen molar-refractivity contribution in [1.82, 2.24) is 4.90 Å². The monoisotopic (exact) mass is 263 g/mol. The largest absolute Gasteiger partial charge is 0.362 e. The third-order valence-electron chi connectivity index (χ3n) is 3.42. The first-order chi connectivity index (χ1) is 8.61. The summed E-state index contributed by atoms with van der Waals surface area (Å²) in [5.41, 5.74) is 1.15. The van der Waals surface area contributed by atoms with Crippen LogP contribution in [0.3, 0.4) is 0 Å². The fourth-order valence-electron chi connectivity index (χ4n) is 2.77. The zero-order valence-corrected chi connectivity index (χ0v) is 11.6. The summed E-state index contributed by atoms with van der Waals surface area (Å²) in [6, 6.07) is 10.8. The average molecular weight is 264 g/mol. The van der Waals surface area contributed by atoms with Crippen LogP contribution in [-0.2, 0) is 0 Å². The van der Waals surface area contributed by atoms with Gasteiger partial charge >= 0.3 is 0 Å². The molecule has 0 N–H and O–H groups in total. The Hall–Kier alpha value is -1.24. The standard InChI is InChI=1S/C14H18ClN3/c1-11-9-17(2)10-14(7-8-16)18(11)13-5-3-12(15)4-6-13/h3-6,11,14H,7,9-10H2,1-2H3. The Kier molecular flexibility index (Phi) is 4.11. The van der Waals surface area contributed by atoms with Crippen molar-refractivity contribution in [2.75, 3.05) is 25.0 Å². The molecular weight excluding hydrogens is 246 g/mol. The van der Waals surface area contributed by atoms with E-state index < -0.39 is 0 Å². The molecule has 18 heavy (non-hydrogen) atoms. The molecule has 0 spiro atoms. The number of rotatable bonds is 2. The van der Waals surface area contributed by atoms with Crippen LogP contribution >= 0.6 is 11.6 Å². The number of anilines is 1. The molecule has 0 aromatic heterocycles. The van der Waals surface area contributed by atoms with Gasteiger partial charge in [0.05, 0.1) is 18.5 Å². The molecular formula is C14H18ClN3. The molecule has 1 heterocycles. The van der Waals surface area contributed by atoms with Crippen LogP contribution in [-0.4, -0.2) is 37.1 Å². The Labute approximate surface area is 114 Å². The topological polar surface area (TPSA) is 30.3 Å². The Morgan fingerprint density at radius 2 is 2.00 bits per heavy atom. The van der Waals surface area contributed by atoms with E-state index in [1.165, 1.54) is 0 Å². The minimum absolute atomic E-state index is 0.255. The molecule has 1 aromatic rings. The third kappa shape index (κ3) is 2.77. The molecule has 2 atom stereocenters. The van der Waals surface area contributed by atoms with Crippen LogP contribution in [0.2, 0.25) is 5.02 Å². The predicted octanol–water partition coefficient (Wildman–Crippen LogP) is 2.76. The molecule has 0 amide bonds. The Bertz CT molecular complexity index is 437. The molecule has 0 radical (unpaired) electrons. The SMILES string of the molecule is CC1CN(C)CC(CC#N)N1c1ccc(Cl)cc1. The fraction of sp³-hybridized carbons (Fsp3) is 0.500. The van der Waals surface area contributed by atoms with E-state index in [9.17, 15) is 0 Å². The normalized spacial score (nSPS) is 24.9. The lowest BCUT2D eigenvalue weighted by molar-refractivity contribution is 0.233. The number of piperazine rings is 1. The summed E-state index contributed by atoms with van der Waals surface area (Å²) in [6.07, 6.45) is 0.553. The van der Waals surface area contributed by atoms with E-state index in [0.717, 1.165) is 23.8 Å². The lowest BCUT2D eigenvalue weighted by Crippen LogP contribution is -2.56. The molecule has 1 aliphatic heterocycles. The lowest BCUT2D eigenvalue weighted by atomic mass is 10.0. The summed E-state index contributed by atoms with van der Waals surface area (Å²) < 4.78 is 0. The maximum Gasteiger partial charge on any atom is 0.0643 e. The first kappa shape index (κ1) is 13.2. The second-order valence-electron chi connectivity index (χ2n) is 4.97. The van der Waals surface area contributed by atoms with Gasteiger partial charge in [-0.25, -0.2) is 0 Å². The molecule has 2 unspecified atom stereocenters. The second kappa shape index (κ2) is 5.60. The highest BCUT2D eigenvalue weighted by Gasteiger charge is 2.30. The maximum atomic E-state index is 8.98. The number of hydrogen-bond acceptors (Lipinski definition) is 3. The van der Waals surface area contributed by atoms with E-state index >= 15 is 0 Å². The first-order valence-corrected chi connectivity index (χ1v) is 6.59. The molecule has 1 aromatic carbocycles. The van der Waals surface area contributed by atoms with Crippen molar-refractivity contribution in [3.8, 4) is 6.07 Å². The molecule has 1 saturated heterocycles. The molecule has 0 saturated carbocycles. The van der Waals surface area contributed by atoms with Gasteiger partial charge in [0, 0.05) is 29.8 Å². The smallest absolute Gasteiger partial charge is 0.0643 e. The first-order valence-electron chi connectivity index (χ1n) is 6.21. The van der Waals surface area contributed by atoms with Crippen LogP contribution in [0.5, 0.6) is 0 Å². The number of nitriles is 1. The average Bonchev–Trinajstić information content (AvgIpc) is 2.31. The molecule has 0 aliphatic carbocycles. The highest BCUT2D eigenvalue weighted by atomic mass is 35.5. The summed E-state index contributed by atoms with van der Waals surface area (Å²) in [6.45, 7) is 4.15. The summed E-state index contributed by atoms with van der Waals surface area (Å²) in [5.74, 6) is 0. The van der Waals surface area contributed by atoms with Crippen LogP contribution in [0.25, 0.3) is 0 Å². The number of halogens is 1. The van der Waals surface area contributed by atoms with Crippen molar-refractivity contribution < 1.29 is 0 Å². The van der Waals surface area contributed by atoms with Crippen molar-refractivity contribution >= 4 is 17.3 Å².